The van der Waals surface area contributed by atoms with Crippen molar-refractivity contribution in [1.29, 1.82) is 0 Å². The number of hydrogen-bond donors (Lipinski definition) is 1. The number of hydrogen-bond acceptors (Lipinski definition) is 3. The fourth-order valence-electron chi connectivity index (χ4n) is 2.60. The van der Waals surface area contributed by atoms with Crippen LogP contribution in [0.25, 0.3) is 0 Å². The SMILES string of the molecule is CCCNc1cc(CN2CCC(C(F)(F)F)CC2)ccn1. The molecule has 0 atom stereocenters. The van der Waals surface area contributed by atoms with Crippen LogP contribution in [0.1, 0.15) is 31.7 Å². The molecule has 2 rings (SSSR count). The van der Waals surface area contributed by atoms with Crippen molar-refractivity contribution in [2.75, 3.05) is 25.0 Å². The number of rotatable bonds is 5. The van der Waals surface area contributed by atoms with Crippen molar-refractivity contribution in [3.8, 4) is 0 Å². The van der Waals surface area contributed by atoms with Crippen LogP contribution >= 0.6 is 0 Å². The largest absolute Gasteiger partial charge is 0.391 e. The Kier molecular flexibility index (Phi) is 5.45. The smallest absolute Gasteiger partial charge is 0.370 e. The minimum Gasteiger partial charge on any atom is -0.370 e. The van der Waals surface area contributed by atoms with Crippen LogP contribution in [0.5, 0.6) is 0 Å². The molecule has 0 aromatic carbocycles. The monoisotopic (exact) mass is 301 g/mol. The van der Waals surface area contributed by atoms with Crippen molar-refractivity contribution in [1.82, 2.24) is 9.88 Å². The molecule has 21 heavy (non-hydrogen) atoms. The first-order valence-electron chi connectivity index (χ1n) is 7.47. The van der Waals surface area contributed by atoms with Crippen LogP contribution in [0, 0.1) is 5.92 Å². The van der Waals surface area contributed by atoms with Gasteiger partial charge in [-0.1, -0.05) is 6.92 Å². The first kappa shape index (κ1) is 16.1. The van der Waals surface area contributed by atoms with Crippen molar-refractivity contribution in [3.63, 3.8) is 0 Å². The average Bonchev–Trinajstić information content (AvgIpc) is 2.45. The summed E-state index contributed by atoms with van der Waals surface area (Å²) in [7, 11) is 0. The van der Waals surface area contributed by atoms with E-state index in [1.807, 2.05) is 12.1 Å². The second kappa shape index (κ2) is 7.11. The number of likely N-dealkylation sites (tertiary alicyclic amines) is 1. The Morgan fingerprint density at radius 2 is 2.05 bits per heavy atom. The molecule has 0 radical (unpaired) electrons. The quantitative estimate of drug-likeness (QED) is 0.899. The van der Waals surface area contributed by atoms with Gasteiger partial charge in [0, 0.05) is 19.3 Å². The highest BCUT2D eigenvalue weighted by atomic mass is 19.4. The lowest BCUT2D eigenvalue weighted by molar-refractivity contribution is -0.185. The molecular weight excluding hydrogens is 279 g/mol. The predicted octanol–water partition coefficient (Wildman–Crippen LogP) is 3.68. The zero-order chi connectivity index (χ0) is 15.3. The summed E-state index contributed by atoms with van der Waals surface area (Å²) in [6.07, 6.45) is -0.863. The minimum absolute atomic E-state index is 0.204. The fraction of sp³-hybridized carbons (Fsp3) is 0.667. The third-order valence-electron chi connectivity index (χ3n) is 3.84. The van der Waals surface area contributed by atoms with Gasteiger partial charge in [0.25, 0.3) is 0 Å². The second-order valence-electron chi connectivity index (χ2n) is 5.57. The highest BCUT2D eigenvalue weighted by molar-refractivity contribution is 5.37. The molecule has 2 heterocycles. The molecule has 1 fully saturated rings. The molecule has 0 bridgehead atoms. The van der Waals surface area contributed by atoms with Crippen LogP contribution in [0.2, 0.25) is 0 Å². The standard InChI is InChI=1S/C15H22F3N3/c1-2-6-19-14-10-12(3-7-20-14)11-21-8-4-13(5-9-21)15(16,17)18/h3,7,10,13H,2,4-6,8-9,11H2,1H3,(H,19,20). The van der Waals surface area contributed by atoms with E-state index in [9.17, 15) is 13.2 Å². The lowest BCUT2D eigenvalue weighted by Gasteiger charge is -2.32. The van der Waals surface area contributed by atoms with Gasteiger partial charge in [0.05, 0.1) is 5.92 Å². The number of alkyl halides is 3. The normalized spacial score (nSPS) is 17.9. The topological polar surface area (TPSA) is 28.2 Å². The zero-order valence-electron chi connectivity index (χ0n) is 12.3. The van der Waals surface area contributed by atoms with Gasteiger partial charge < -0.3 is 5.32 Å². The Hall–Kier alpha value is -1.30. The van der Waals surface area contributed by atoms with Gasteiger partial charge in [0.1, 0.15) is 5.82 Å². The molecule has 1 saturated heterocycles. The average molecular weight is 301 g/mol. The highest BCUT2D eigenvalue weighted by Gasteiger charge is 2.40. The summed E-state index contributed by atoms with van der Waals surface area (Å²) in [6.45, 7) is 4.65. The van der Waals surface area contributed by atoms with Crippen molar-refractivity contribution >= 4 is 5.82 Å². The molecule has 0 spiro atoms. The Balaban J connectivity index is 1.86. The van der Waals surface area contributed by atoms with Crippen LogP contribution < -0.4 is 5.32 Å². The molecule has 1 aliphatic heterocycles. The number of nitrogens with one attached hydrogen (secondary N) is 1. The lowest BCUT2D eigenvalue weighted by Crippen LogP contribution is -2.38. The number of pyridine rings is 1. The Morgan fingerprint density at radius 1 is 1.33 bits per heavy atom. The third kappa shape index (κ3) is 4.88. The van der Waals surface area contributed by atoms with Gasteiger partial charge in [0.2, 0.25) is 0 Å². The molecule has 3 nitrogen and oxygen atoms in total. The first-order chi connectivity index (χ1) is 9.99. The van der Waals surface area contributed by atoms with Crippen molar-refractivity contribution in [3.05, 3.63) is 23.9 Å². The number of anilines is 1. The van der Waals surface area contributed by atoms with Gasteiger partial charge in [-0.25, -0.2) is 4.98 Å². The molecule has 1 aromatic heterocycles. The molecule has 1 aromatic rings. The molecule has 1 N–H and O–H groups in total. The summed E-state index contributed by atoms with van der Waals surface area (Å²) < 4.78 is 37.9. The maximum atomic E-state index is 12.6. The van der Waals surface area contributed by atoms with Crippen molar-refractivity contribution in [2.45, 2.75) is 38.9 Å². The molecule has 0 unspecified atom stereocenters. The van der Waals surface area contributed by atoms with Crippen molar-refractivity contribution < 1.29 is 13.2 Å². The van der Waals surface area contributed by atoms with E-state index in [-0.39, 0.29) is 12.8 Å². The molecule has 0 aliphatic carbocycles. The minimum atomic E-state index is -4.04. The van der Waals surface area contributed by atoms with Gasteiger partial charge in [-0.3, -0.25) is 4.90 Å². The number of nitrogens with zero attached hydrogens (tertiary/aromatic N) is 2. The lowest BCUT2D eigenvalue weighted by atomic mass is 9.96. The Labute approximate surface area is 123 Å². The van der Waals surface area contributed by atoms with Gasteiger partial charge >= 0.3 is 6.18 Å². The number of halogens is 3. The van der Waals surface area contributed by atoms with E-state index < -0.39 is 12.1 Å². The van der Waals surface area contributed by atoms with Crippen LogP contribution in [-0.2, 0) is 6.54 Å². The molecule has 118 valence electrons. The summed E-state index contributed by atoms with van der Waals surface area (Å²) in [6, 6.07) is 3.90. The number of aromatic nitrogens is 1. The summed E-state index contributed by atoms with van der Waals surface area (Å²) in [5, 5.41) is 3.22. The summed E-state index contributed by atoms with van der Waals surface area (Å²) in [5.74, 6) is -0.299. The van der Waals surface area contributed by atoms with Gasteiger partial charge in [-0.05, 0) is 50.0 Å². The van der Waals surface area contributed by atoms with Gasteiger partial charge in [0.15, 0.2) is 0 Å². The van der Waals surface area contributed by atoms with Crippen LogP contribution in [0.4, 0.5) is 19.0 Å². The maximum Gasteiger partial charge on any atom is 0.391 e. The van der Waals surface area contributed by atoms with E-state index in [2.05, 4.69) is 22.1 Å². The van der Waals surface area contributed by atoms with E-state index in [1.54, 1.807) is 6.20 Å². The molecule has 0 saturated carbocycles. The Morgan fingerprint density at radius 3 is 2.67 bits per heavy atom. The van der Waals surface area contributed by atoms with Crippen LogP contribution in [0.15, 0.2) is 18.3 Å². The molecule has 1 aliphatic rings. The maximum absolute atomic E-state index is 12.6. The van der Waals surface area contributed by atoms with Gasteiger partial charge in [-0.15, -0.1) is 0 Å². The third-order valence-corrected chi connectivity index (χ3v) is 3.84. The van der Waals surface area contributed by atoms with Crippen LogP contribution in [0.3, 0.4) is 0 Å². The molecular formula is C15H22F3N3. The van der Waals surface area contributed by atoms with E-state index in [0.29, 0.717) is 19.6 Å². The van der Waals surface area contributed by atoms with E-state index in [4.69, 9.17) is 0 Å². The molecule has 0 amide bonds. The first-order valence-corrected chi connectivity index (χ1v) is 7.47. The highest BCUT2D eigenvalue weighted by Crippen LogP contribution is 2.34. The zero-order valence-corrected chi connectivity index (χ0v) is 12.3. The van der Waals surface area contributed by atoms with E-state index >= 15 is 0 Å². The summed E-state index contributed by atoms with van der Waals surface area (Å²) in [4.78, 5) is 6.32. The number of piperidine rings is 1. The second-order valence-corrected chi connectivity index (χ2v) is 5.57. The fourth-order valence-corrected chi connectivity index (χ4v) is 2.60. The van der Waals surface area contributed by atoms with Crippen molar-refractivity contribution in [2.24, 2.45) is 5.92 Å². The van der Waals surface area contributed by atoms with E-state index in [0.717, 1.165) is 24.3 Å². The predicted molar refractivity (Wildman–Crippen MR) is 77.1 cm³/mol. The summed E-state index contributed by atoms with van der Waals surface area (Å²) >= 11 is 0. The van der Waals surface area contributed by atoms with Crippen LogP contribution in [-0.4, -0.2) is 35.7 Å². The summed E-state index contributed by atoms with van der Waals surface area (Å²) in [5.41, 5.74) is 1.09. The van der Waals surface area contributed by atoms with E-state index in [1.165, 1.54) is 0 Å². The van der Waals surface area contributed by atoms with Gasteiger partial charge in [-0.2, -0.15) is 13.2 Å². The molecule has 6 heteroatoms. The Bertz CT molecular complexity index is 440.